The number of anilines is 1. The molecule has 38 heavy (non-hydrogen) atoms. The van der Waals surface area contributed by atoms with Crippen LogP contribution in [-0.4, -0.2) is 57.5 Å². The second kappa shape index (κ2) is 11.9. The van der Waals surface area contributed by atoms with E-state index in [2.05, 4.69) is 15.1 Å². The first-order valence-corrected chi connectivity index (χ1v) is 13.7. The van der Waals surface area contributed by atoms with Crippen LogP contribution in [0.5, 0.6) is 5.75 Å². The fraction of sp³-hybridized carbons (Fsp3) is 0.250. The zero-order valence-electron chi connectivity index (χ0n) is 20.8. The van der Waals surface area contributed by atoms with Crippen molar-refractivity contribution in [2.45, 2.75) is 18.2 Å². The molecular formula is C28H27ClFN5O2S. The van der Waals surface area contributed by atoms with Crippen LogP contribution in [0.4, 0.5) is 10.1 Å². The van der Waals surface area contributed by atoms with E-state index in [0.717, 1.165) is 11.4 Å². The lowest BCUT2D eigenvalue weighted by molar-refractivity contribution is -0.128. The minimum atomic E-state index is -0.438. The largest absolute Gasteiger partial charge is 0.481 e. The van der Waals surface area contributed by atoms with Crippen LogP contribution < -0.4 is 9.64 Å². The zero-order chi connectivity index (χ0) is 26.5. The number of ether oxygens (including phenoxy) is 1. The molecule has 0 saturated carbocycles. The normalized spacial score (nSPS) is 14.4. The van der Waals surface area contributed by atoms with Gasteiger partial charge in [-0.05, 0) is 55.5 Å². The number of aromatic nitrogens is 3. The molecule has 5 rings (SSSR count). The predicted molar refractivity (Wildman–Crippen MR) is 148 cm³/mol. The smallest absolute Gasteiger partial charge is 0.233 e. The fourth-order valence-corrected chi connectivity index (χ4v) is 5.37. The number of amides is 1. The Bertz CT molecular complexity index is 1380. The van der Waals surface area contributed by atoms with Crippen LogP contribution in [-0.2, 0) is 4.79 Å². The maximum atomic E-state index is 13.2. The van der Waals surface area contributed by atoms with Crippen LogP contribution in [0.25, 0.3) is 5.69 Å². The highest BCUT2D eigenvalue weighted by Gasteiger charge is 2.25. The van der Waals surface area contributed by atoms with Gasteiger partial charge in [-0.25, -0.2) is 4.39 Å². The number of para-hydroxylation sites is 2. The molecule has 1 unspecified atom stereocenters. The summed E-state index contributed by atoms with van der Waals surface area (Å²) in [5, 5.41) is 9.96. The van der Waals surface area contributed by atoms with Gasteiger partial charge < -0.3 is 14.5 Å². The molecule has 0 N–H and O–H groups in total. The van der Waals surface area contributed by atoms with E-state index in [9.17, 15) is 9.18 Å². The second-order valence-electron chi connectivity index (χ2n) is 8.84. The van der Waals surface area contributed by atoms with E-state index < -0.39 is 6.10 Å². The Morgan fingerprint density at radius 1 is 0.947 bits per heavy atom. The third-order valence-corrected chi connectivity index (χ3v) is 7.55. The molecule has 196 valence electrons. The molecule has 7 nitrogen and oxygen atoms in total. The molecule has 0 aliphatic carbocycles. The molecule has 1 aliphatic rings. The average Bonchev–Trinajstić information content (AvgIpc) is 3.38. The van der Waals surface area contributed by atoms with Gasteiger partial charge in [0.2, 0.25) is 5.91 Å². The summed E-state index contributed by atoms with van der Waals surface area (Å²) in [6.45, 7) is 4.51. The van der Waals surface area contributed by atoms with Crippen LogP contribution >= 0.6 is 23.4 Å². The van der Waals surface area contributed by atoms with E-state index in [1.54, 1.807) is 18.2 Å². The first-order chi connectivity index (χ1) is 18.5. The van der Waals surface area contributed by atoms with Gasteiger partial charge in [0, 0.05) is 37.6 Å². The molecule has 0 radical (unpaired) electrons. The highest BCUT2D eigenvalue weighted by Crippen LogP contribution is 2.31. The van der Waals surface area contributed by atoms with E-state index in [1.807, 2.05) is 64.9 Å². The van der Waals surface area contributed by atoms with Gasteiger partial charge in [-0.2, -0.15) is 0 Å². The Morgan fingerprint density at radius 2 is 1.63 bits per heavy atom. The second-order valence-corrected chi connectivity index (χ2v) is 10.2. The highest BCUT2D eigenvalue weighted by molar-refractivity contribution is 7.99. The molecule has 4 aromatic rings. The molecule has 3 aromatic carbocycles. The summed E-state index contributed by atoms with van der Waals surface area (Å²) in [7, 11) is 0. The van der Waals surface area contributed by atoms with Crippen molar-refractivity contribution in [3.05, 3.63) is 95.5 Å². The standard InChI is InChI=1S/C28H27ClFN5O2S/c1-20(37-25-10-6-5-9-24(25)29)27-31-32-28(35(27)23-7-3-2-4-8-23)38-19-26(36)34-17-15-33(16-18-34)22-13-11-21(30)12-14-22/h2-14,20H,15-19H2,1H3. The summed E-state index contributed by atoms with van der Waals surface area (Å²) in [6, 6.07) is 23.5. The lowest BCUT2D eigenvalue weighted by atomic mass is 10.2. The number of nitrogens with zero attached hydrogens (tertiary/aromatic N) is 5. The topological polar surface area (TPSA) is 63.5 Å². The average molecular weight is 552 g/mol. The van der Waals surface area contributed by atoms with Gasteiger partial charge in [0.25, 0.3) is 0 Å². The molecule has 0 bridgehead atoms. The fourth-order valence-electron chi connectivity index (χ4n) is 4.32. The van der Waals surface area contributed by atoms with Gasteiger partial charge in [0.05, 0.1) is 10.8 Å². The summed E-state index contributed by atoms with van der Waals surface area (Å²) in [5.41, 5.74) is 1.84. The Hall–Kier alpha value is -3.56. The summed E-state index contributed by atoms with van der Waals surface area (Å²) in [5.74, 6) is 1.20. The minimum absolute atomic E-state index is 0.0401. The Morgan fingerprint density at radius 3 is 2.34 bits per heavy atom. The maximum Gasteiger partial charge on any atom is 0.233 e. The van der Waals surface area contributed by atoms with E-state index in [1.165, 1.54) is 23.9 Å². The number of thioether (sulfide) groups is 1. The van der Waals surface area contributed by atoms with Crippen LogP contribution in [0.2, 0.25) is 5.02 Å². The molecule has 1 fully saturated rings. The van der Waals surface area contributed by atoms with Gasteiger partial charge in [-0.1, -0.05) is 53.7 Å². The maximum absolute atomic E-state index is 13.2. The third kappa shape index (κ3) is 5.95. The predicted octanol–water partition coefficient (Wildman–Crippen LogP) is 5.64. The van der Waals surface area contributed by atoms with Crippen molar-refractivity contribution >= 4 is 35.0 Å². The van der Waals surface area contributed by atoms with E-state index in [4.69, 9.17) is 16.3 Å². The number of halogens is 2. The number of hydrogen-bond acceptors (Lipinski definition) is 6. The lowest BCUT2D eigenvalue weighted by Gasteiger charge is -2.36. The van der Waals surface area contributed by atoms with Crippen LogP contribution in [0.15, 0.2) is 84.0 Å². The molecule has 2 heterocycles. The number of piperazine rings is 1. The number of carbonyl (C=O) groups is 1. The first-order valence-electron chi connectivity index (χ1n) is 12.3. The monoisotopic (exact) mass is 551 g/mol. The number of carbonyl (C=O) groups excluding carboxylic acids is 1. The van der Waals surface area contributed by atoms with E-state index in [0.29, 0.717) is 47.9 Å². The van der Waals surface area contributed by atoms with E-state index >= 15 is 0 Å². The SMILES string of the molecule is CC(Oc1ccccc1Cl)c1nnc(SCC(=O)N2CCN(c3ccc(F)cc3)CC2)n1-c1ccccc1. The molecule has 0 spiro atoms. The Labute approximate surface area is 230 Å². The van der Waals surface area contributed by atoms with Crippen molar-refractivity contribution in [2.24, 2.45) is 0 Å². The van der Waals surface area contributed by atoms with Gasteiger partial charge >= 0.3 is 0 Å². The molecular weight excluding hydrogens is 525 g/mol. The number of hydrogen-bond donors (Lipinski definition) is 0. The van der Waals surface area contributed by atoms with Crippen molar-refractivity contribution in [2.75, 3.05) is 36.8 Å². The van der Waals surface area contributed by atoms with Gasteiger partial charge in [-0.3, -0.25) is 9.36 Å². The van der Waals surface area contributed by atoms with Crippen LogP contribution in [0, 0.1) is 5.82 Å². The van der Waals surface area contributed by atoms with Crippen molar-refractivity contribution in [3.63, 3.8) is 0 Å². The molecule has 1 amide bonds. The number of benzene rings is 3. The zero-order valence-corrected chi connectivity index (χ0v) is 22.4. The quantitative estimate of drug-likeness (QED) is 0.264. The molecule has 1 aromatic heterocycles. The molecule has 10 heteroatoms. The van der Waals surface area contributed by atoms with Gasteiger partial charge in [-0.15, -0.1) is 10.2 Å². The minimum Gasteiger partial charge on any atom is -0.481 e. The van der Waals surface area contributed by atoms with Crippen molar-refractivity contribution in [3.8, 4) is 11.4 Å². The number of rotatable bonds is 8. The Balaban J connectivity index is 1.26. The summed E-state index contributed by atoms with van der Waals surface area (Å²) < 4.78 is 21.3. The molecule has 1 saturated heterocycles. The summed E-state index contributed by atoms with van der Waals surface area (Å²) >= 11 is 7.65. The summed E-state index contributed by atoms with van der Waals surface area (Å²) in [6.07, 6.45) is -0.438. The van der Waals surface area contributed by atoms with Gasteiger partial charge in [0.15, 0.2) is 17.1 Å². The summed E-state index contributed by atoms with van der Waals surface area (Å²) in [4.78, 5) is 17.1. The first kappa shape index (κ1) is 26.1. The van der Waals surface area contributed by atoms with Crippen molar-refractivity contribution in [1.82, 2.24) is 19.7 Å². The van der Waals surface area contributed by atoms with Crippen molar-refractivity contribution < 1.29 is 13.9 Å². The van der Waals surface area contributed by atoms with E-state index in [-0.39, 0.29) is 17.5 Å². The Kier molecular flexibility index (Phi) is 8.14. The highest BCUT2D eigenvalue weighted by atomic mass is 35.5. The van der Waals surface area contributed by atoms with Crippen molar-refractivity contribution in [1.29, 1.82) is 0 Å². The third-order valence-electron chi connectivity index (χ3n) is 6.33. The van der Waals surface area contributed by atoms with Gasteiger partial charge in [0.1, 0.15) is 11.6 Å². The van der Waals surface area contributed by atoms with Crippen LogP contribution in [0.3, 0.4) is 0 Å². The lowest BCUT2D eigenvalue weighted by Crippen LogP contribution is -2.49. The van der Waals surface area contributed by atoms with Crippen LogP contribution in [0.1, 0.15) is 18.9 Å². The molecule has 1 atom stereocenters. The molecule has 1 aliphatic heterocycles.